The predicted molar refractivity (Wildman–Crippen MR) is 120 cm³/mol. The highest BCUT2D eigenvalue weighted by Gasteiger charge is 2.38. The number of alkyl halides is 3. The third-order valence-corrected chi connectivity index (χ3v) is 6.68. The largest absolute Gasteiger partial charge is 0.490 e. The molecule has 0 aliphatic carbocycles. The summed E-state index contributed by atoms with van der Waals surface area (Å²) in [5.41, 5.74) is 0.882. The molecule has 1 saturated heterocycles. The van der Waals surface area contributed by atoms with Crippen LogP contribution in [-0.4, -0.2) is 49.8 Å². The second kappa shape index (κ2) is 11.4. The van der Waals surface area contributed by atoms with Gasteiger partial charge in [0.2, 0.25) is 0 Å². The quantitative estimate of drug-likeness (QED) is 0.512. The summed E-state index contributed by atoms with van der Waals surface area (Å²) >= 11 is 5.98. The maximum atomic E-state index is 12.6. The van der Waals surface area contributed by atoms with Gasteiger partial charge in [-0.2, -0.15) is 13.2 Å². The summed E-state index contributed by atoms with van der Waals surface area (Å²) < 4.78 is 59.3. The summed E-state index contributed by atoms with van der Waals surface area (Å²) in [5, 5.41) is 16.9. The molecule has 1 fully saturated rings. The van der Waals surface area contributed by atoms with Crippen LogP contribution in [0.1, 0.15) is 36.0 Å². The molecule has 2 aromatic rings. The lowest BCUT2D eigenvalue weighted by Crippen LogP contribution is -2.26. The van der Waals surface area contributed by atoms with Crippen LogP contribution in [0.25, 0.3) is 0 Å². The summed E-state index contributed by atoms with van der Waals surface area (Å²) in [6.07, 6.45) is -0.789. The molecular formula is C21H22ClF3N2O6S. The number of anilines is 2. The van der Waals surface area contributed by atoms with Crippen molar-refractivity contribution >= 4 is 44.9 Å². The molecule has 34 heavy (non-hydrogen) atoms. The third kappa shape index (κ3) is 7.52. The Hall–Kier alpha value is -2.99. The van der Waals surface area contributed by atoms with Crippen LogP contribution in [0.4, 0.5) is 24.5 Å². The van der Waals surface area contributed by atoms with E-state index < -0.39 is 28.1 Å². The molecule has 186 valence electrons. The fourth-order valence-electron chi connectivity index (χ4n) is 3.23. The summed E-state index contributed by atoms with van der Waals surface area (Å²) in [4.78, 5) is 22.7. The Morgan fingerprint density at radius 2 is 1.53 bits per heavy atom. The highest BCUT2D eigenvalue weighted by atomic mass is 35.5. The summed E-state index contributed by atoms with van der Waals surface area (Å²) in [7, 11) is -3.92. The van der Waals surface area contributed by atoms with Crippen LogP contribution in [0.15, 0.2) is 47.4 Å². The van der Waals surface area contributed by atoms with Crippen LogP contribution in [0.5, 0.6) is 0 Å². The van der Waals surface area contributed by atoms with Gasteiger partial charge < -0.3 is 15.1 Å². The van der Waals surface area contributed by atoms with Crippen molar-refractivity contribution in [3.8, 4) is 0 Å². The highest BCUT2D eigenvalue weighted by Crippen LogP contribution is 2.29. The Bertz CT molecular complexity index is 1130. The van der Waals surface area contributed by atoms with Crippen LogP contribution in [0.3, 0.4) is 0 Å². The topological polar surface area (TPSA) is 124 Å². The van der Waals surface area contributed by atoms with E-state index in [1.54, 1.807) is 24.3 Å². The lowest BCUT2D eigenvalue weighted by Gasteiger charge is -2.25. The van der Waals surface area contributed by atoms with Crippen molar-refractivity contribution in [1.29, 1.82) is 0 Å². The number of halogens is 4. The number of benzene rings is 2. The average molecular weight is 523 g/mol. The van der Waals surface area contributed by atoms with E-state index in [0.717, 1.165) is 38.8 Å². The Morgan fingerprint density at radius 3 is 2.03 bits per heavy atom. The molecule has 1 aliphatic rings. The van der Waals surface area contributed by atoms with Gasteiger partial charge in [-0.3, -0.25) is 4.72 Å². The Morgan fingerprint density at radius 1 is 0.971 bits per heavy atom. The third-order valence-electron chi connectivity index (χ3n) is 4.79. The standard InChI is InChI=1S/C19H21ClN2O4S.C2HF3O2/c20-16-7-3-4-8-18(16)27(25,26)21-14-9-10-17(15(13-14)19(23)24)22-11-5-1-2-6-12-22;3-2(4,5)1(6)7/h3-4,7-10,13,21H,1-2,5-6,11-12H2,(H,23,24);(H,6,7). The Labute approximate surface area is 199 Å². The normalized spacial score (nSPS) is 14.4. The zero-order valence-corrected chi connectivity index (χ0v) is 19.3. The van der Waals surface area contributed by atoms with Gasteiger partial charge in [-0.05, 0) is 43.2 Å². The predicted octanol–water partition coefficient (Wildman–Crippen LogP) is 4.85. The van der Waals surface area contributed by atoms with Gasteiger partial charge in [0.1, 0.15) is 4.90 Å². The number of carboxylic acids is 2. The minimum Gasteiger partial charge on any atom is -0.478 e. The van der Waals surface area contributed by atoms with E-state index in [4.69, 9.17) is 21.5 Å². The molecule has 3 N–H and O–H groups in total. The Balaban J connectivity index is 0.000000509. The number of aliphatic carboxylic acids is 1. The van der Waals surface area contributed by atoms with Crippen molar-refractivity contribution in [2.45, 2.75) is 36.8 Å². The minimum atomic E-state index is -5.08. The van der Waals surface area contributed by atoms with Crippen LogP contribution < -0.4 is 9.62 Å². The van der Waals surface area contributed by atoms with E-state index in [9.17, 15) is 31.5 Å². The first-order chi connectivity index (χ1) is 15.8. The van der Waals surface area contributed by atoms with Crippen molar-refractivity contribution in [3.63, 3.8) is 0 Å². The molecule has 3 rings (SSSR count). The SMILES string of the molecule is O=C(O)C(F)(F)F.O=C(O)c1cc(NS(=O)(=O)c2ccccc2Cl)ccc1N1CCCCCC1. The van der Waals surface area contributed by atoms with Crippen molar-refractivity contribution in [2.24, 2.45) is 0 Å². The van der Waals surface area contributed by atoms with E-state index in [1.165, 1.54) is 18.2 Å². The zero-order chi connectivity index (χ0) is 25.5. The molecule has 13 heteroatoms. The fraction of sp³-hybridized carbons (Fsp3) is 0.333. The second-order valence-electron chi connectivity index (χ2n) is 7.28. The highest BCUT2D eigenvalue weighted by molar-refractivity contribution is 7.92. The first-order valence-electron chi connectivity index (χ1n) is 10.0. The first kappa shape index (κ1) is 27.3. The summed E-state index contributed by atoms with van der Waals surface area (Å²) in [5.74, 6) is -3.85. The molecule has 1 aliphatic heterocycles. The molecule has 2 aromatic carbocycles. The number of hydrogen-bond donors (Lipinski definition) is 3. The molecule has 1 heterocycles. The lowest BCUT2D eigenvalue weighted by molar-refractivity contribution is -0.192. The van der Waals surface area contributed by atoms with E-state index in [0.29, 0.717) is 5.69 Å². The van der Waals surface area contributed by atoms with Gasteiger partial charge in [-0.1, -0.05) is 36.6 Å². The number of aromatic carboxylic acids is 1. The smallest absolute Gasteiger partial charge is 0.478 e. The average Bonchev–Trinajstić information content (AvgIpc) is 3.03. The molecule has 0 radical (unpaired) electrons. The van der Waals surface area contributed by atoms with Gasteiger partial charge in [0.15, 0.2) is 0 Å². The molecular weight excluding hydrogens is 501 g/mol. The summed E-state index contributed by atoms with van der Waals surface area (Å²) in [6.45, 7) is 1.59. The van der Waals surface area contributed by atoms with Crippen LogP contribution in [0, 0.1) is 0 Å². The number of carbonyl (C=O) groups is 2. The van der Waals surface area contributed by atoms with Crippen molar-refractivity contribution in [2.75, 3.05) is 22.7 Å². The zero-order valence-electron chi connectivity index (χ0n) is 17.7. The van der Waals surface area contributed by atoms with E-state index in [1.807, 2.05) is 0 Å². The van der Waals surface area contributed by atoms with E-state index in [-0.39, 0.29) is 21.2 Å². The molecule has 0 atom stereocenters. The van der Waals surface area contributed by atoms with Gasteiger partial charge in [0, 0.05) is 18.8 Å². The Kier molecular flexibility index (Phi) is 9.16. The van der Waals surface area contributed by atoms with Gasteiger partial charge in [0.25, 0.3) is 10.0 Å². The molecule has 0 unspecified atom stereocenters. The van der Waals surface area contributed by atoms with Gasteiger partial charge in [-0.25, -0.2) is 18.0 Å². The number of carboxylic acid groups (broad SMARTS) is 2. The van der Waals surface area contributed by atoms with Gasteiger partial charge in [0.05, 0.1) is 16.3 Å². The molecule has 0 bridgehead atoms. The van der Waals surface area contributed by atoms with Gasteiger partial charge >= 0.3 is 18.1 Å². The van der Waals surface area contributed by atoms with Crippen molar-refractivity contribution in [1.82, 2.24) is 0 Å². The van der Waals surface area contributed by atoms with Crippen LogP contribution in [-0.2, 0) is 14.8 Å². The van der Waals surface area contributed by atoms with Crippen molar-refractivity contribution < 1.29 is 41.4 Å². The number of rotatable bonds is 5. The maximum absolute atomic E-state index is 12.6. The monoisotopic (exact) mass is 522 g/mol. The number of nitrogens with zero attached hydrogens (tertiary/aromatic N) is 1. The molecule has 0 saturated carbocycles. The summed E-state index contributed by atoms with van der Waals surface area (Å²) in [6, 6.07) is 10.7. The van der Waals surface area contributed by atoms with Crippen molar-refractivity contribution in [3.05, 3.63) is 53.1 Å². The van der Waals surface area contributed by atoms with Gasteiger partial charge in [-0.15, -0.1) is 0 Å². The van der Waals surface area contributed by atoms with E-state index in [2.05, 4.69) is 9.62 Å². The van der Waals surface area contributed by atoms with E-state index >= 15 is 0 Å². The van der Waals surface area contributed by atoms with Crippen LogP contribution >= 0.6 is 11.6 Å². The number of sulfonamides is 1. The molecule has 8 nitrogen and oxygen atoms in total. The number of nitrogens with one attached hydrogen (secondary N) is 1. The first-order valence-corrected chi connectivity index (χ1v) is 11.9. The molecule has 0 spiro atoms. The lowest BCUT2D eigenvalue weighted by atomic mass is 10.1. The fourth-order valence-corrected chi connectivity index (χ4v) is 4.80. The van der Waals surface area contributed by atoms with Crippen LogP contribution in [0.2, 0.25) is 5.02 Å². The number of hydrogen-bond acceptors (Lipinski definition) is 5. The molecule has 0 aromatic heterocycles. The minimum absolute atomic E-state index is 0.0554. The second-order valence-corrected chi connectivity index (χ2v) is 9.34. The maximum Gasteiger partial charge on any atom is 0.490 e. The molecule has 0 amide bonds.